The summed E-state index contributed by atoms with van der Waals surface area (Å²) in [7, 11) is 0. The molecule has 4 rings (SSSR count). The fourth-order valence-electron chi connectivity index (χ4n) is 5.35. The standard InChI is InChI=1S/C30H33F3N2O4/c1-19(2)39-22-14-12-21(13-15-22)26(37)34-29(30(31,32)33)25-23(17-28(3,4)18-24(25)36)35(27(29)38)16-8-11-20-9-6-5-7-10-20/h5-7,9-10,12-15,19H,8,11,16-18H2,1-4H3,(H,34,37)/t29-/m0/s1. The third-order valence-corrected chi connectivity index (χ3v) is 7.02. The van der Waals surface area contributed by atoms with Gasteiger partial charge in [0.2, 0.25) is 5.54 Å². The van der Waals surface area contributed by atoms with Crippen LogP contribution in [0.25, 0.3) is 0 Å². The maximum atomic E-state index is 15.0. The van der Waals surface area contributed by atoms with Crippen LogP contribution in [-0.4, -0.2) is 46.9 Å². The second-order valence-corrected chi connectivity index (χ2v) is 11.2. The molecule has 0 aromatic heterocycles. The fraction of sp³-hybridized carbons (Fsp3) is 0.433. The van der Waals surface area contributed by atoms with Crippen LogP contribution < -0.4 is 10.1 Å². The molecule has 1 aliphatic heterocycles. The van der Waals surface area contributed by atoms with Gasteiger partial charge in [-0.3, -0.25) is 14.4 Å². The average Bonchev–Trinajstić information content (AvgIpc) is 3.07. The minimum absolute atomic E-state index is 0.00907. The Morgan fingerprint density at radius 3 is 2.26 bits per heavy atom. The van der Waals surface area contributed by atoms with Crippen LogP contribution >= 0.6 is 0 Å². The Kier molecular flexibility index (Phi) is 7.65. The zero-order valence-corrected chi connectivity index (χ0v) is 22.5. The quantitative estimate of drug-likeness (QED) is 0.470. The molecule has 39 heavy (non-hydrogen) atoms. The van der Waals surface area contributed by atoms with Crippen LogP contribution in [0.3, 0.4) is 0 Å². The van der Waals surface area contributed by atoms with Crippen molar-refractivity contribution in [1.29, 1.82) is 0 Å². The van der Waals surface area contributed by atoms with E-state index >= 15 is 0 Å². The molecule has 208 valence electrons. The van der Waals surface area contributed by atoms with E-state index in [1.165, 1.54) is 24.3 Å². The largest absolute Gasteiger partial charge is 0.491 e. The molecule has 0 unspecified atom stereocenters. The number of nitrogens with one attached hydrogen (secondary N) is 1. The predicted octanol–water partition coefficient (Wildman–Crippen LogP) is 5.62. The molecule has 1 atom stereocenters. The molecule has 2 aromatic carbocycles. The highest BCUT2D eigenvalue weighted by Crippen LogP contribution is 2.51. The number of hydrogen-bond donors (Lipinski definition) is 1. The molecule has 2 amide bonds. The number of carbonyl (C=O) groups is 3. The predicted molar refractivity (Wildman–Crippen MR) is 140 cm³/mol. The lowest BCUT2D eigenvalue weighted by Gasteiger charge is -2.35. The highest BCUT2D eigenvalue weighted by molar-refractivity contribution is 6.14. The van der Waals surface area contributed by atoms with E-state index in [0.717, 1.165) is 10.5 Å². The van der Waals surface area contributed by atoms with Gasteiger partial charge in [-0.1, -0.05) is 44.2 Å². The summed E-state index contributed by atoms with van der Waals surface area (Å²) in [5.41, 5.74) is -3.80. The van der Waals surface area contributed by atoms with Crippen LogP contribution in [0, 0.1) is 5.41 Å². The van der Waals surface area contributed by atoms with E-state index in [1.807, 2.05) is 49.5 Å². The Hall–Kier alpha value is -3.62. The monoisotopic (exact) mass is 542 g/mol. The molecule has 2 aliphatic rings. The van der Waals surface area contributed by atoms with E-state index in [9.17, 15) is 27.6 Å². The number of benzene rings is 2. The lowest BCUT2D eigenvalue weighted by molar-refractivity contribution is -0.190. The summed E-state index contributed by atoms with van der Waals surface area (Å²) in [5.74, 6) is -2.78. The van der Waals surface area contributed by atoms with Gasteiger partial charge in [0.05, 0.1) is 11.7 Å². The molecule has 0 radical (unpaired) electrons. The zero-order valence-electron chi connectivity index (χ0n) is 22.5. The SMILES string of the molecule is CC(C)Oc1ccc(C(=O)N[C@]2(C(F)(F)F)C(=O)N(CCCc3ccccc3)C3=C2C(=O)CC(C)(C)C3)cc1. The van der Waals surface area contributed by atoms with Crippen LogP contribution in [0.15, 0.2) is 65.9 Å². The fourth-order valence-corrected chi connectivity index (χ4v) is 5.35. The van der Waals surface area contributed by atoms with E-state index < -0.39 is 40.3 Å². The van der Waals surface area contributed by atoms with Crippen molar-refractivity contribution in [2.75, 3.05) is 6.54 Å². The van der Waals surface area contributed by atoms with E-state index in [2.05, 4.69) is 0 Å². The molecule has 0 saturated heterocycles. The van der Waals surface area contributed by atoms with E-state index in [4.69, 9.17) is 4.74 Å². The molecular formula is C30H33F3N2O4. The number of alkyl halides is 3. The van der Waals surface area contributed by atoms with Crippen molar-refractivity contribution in [3.63, 3.8) is 0 Å². The lowest BCUT2D eigenvalue weighted by atomic mass is 9.72. The minimum atomic E-state index is -5.24. The smallest absolute Gasteiger partial charge is 0.425 e. The Morgan fingerprint density at radius 2 is 1.67 bits per heavy atom. The van der Waals surface area contributed by atoms with Gasteiger partial charge < -0.3 is 15.0 Å². The number of rotatable bonds is 8. The number of halogens is 3. The van der Waals surface area contributed by atoms with Gasteiger partial charge in [0, 0.05) is 24.2 Å². The summed E-state index contributed by atoms with van der Waals surface area (Å²) in [4.78, 5) is 41.3. The van der Waals surface area contributed by atoms with Gasteiger partial charge in [0.25, 0.3) is 11.8 Å². The van der Waals surface area contributed by atoms with Crippen LogP contribution in [0.4, 0.5) is 13.2 Å². The first-order valence-electron chi connectivity index (χ1n) is 13.0. The molecule has 2 aromatic rings. The number of hydrogen-bond acceptors (Lipinski definition) is 4. The van der Waals surface area contributed by atoms with E-state index in [0.29, 0.717) is 18.6 Å². The number of nitrogens with zero attached hydrogens (tertiary/aromatic N) is 1. The molecular weight excluding hydrogens is 509 g/mol. The van der Waals surface area contributed by atoms with Crippen molar-refractivity contribution in [2.24, 2.45) is 5.41 Å². The molecule has 0 spiro atoms. The summed E-state index contributed by atoms with van der Waals surface area (Å²) in [6.07, 6.45) is -4.49. The summed E-state index contributed by atoms with van der Waals surface area (Å²) < 4.78 is 50.5. The van der Waals surface area contributed by atoms with Crippen molar-refractivity contribution in [1.82, 2.24) is 10.2 Å². The van der Waals surface area contributed by atoms with Gasteiger partial charge in [-0.25, -0.2) is 0 Å². The Labute approximate surface area is 226 Å². The molecule has 0 saturated carbocycles. The van der Waals surface area contributed by atoms with Crippen molar-refractivity contribution in [3.05, 3.63) is 77.0 Å². The average molecular weight is 543 g/mol. The van der Waals surface area contributed by atoms with Crippen LogP contribution in [-0.2, 0) is 16.0 Å². The van der Waals surface area contributed by atoms with Gasteiger partial charge in [0.15, 0.2) is 5.78 Å². The third-order valence-electron chi connectivity index (χ3n) is 7.02. The molecule has 0 fully saturated rings. The second kappa shape index (κ2) is 10.5. The van der Waals surface area contributed by atoms with Crippen molar-refractivity contribution in [3.8, 4) is 5.75 Å². The van der Waals surface area contributed by atoms with Gasteiger partial charge >= 0.3 is 6.18 Å². The first-order chi connectivity index (χ1) is 18.2. The number of ether oxygens (including phenoxy) is 1. The summed E-state index contributed by atoms with van der Waals surface area (Å²) in [6, 6.07) is 15.0. The van der Waals surface area contributed by atoms with E-state index in [-0.39, 0.29) is 36.8 Å². The van der Waals surface area contributed by atoms with Gasteiger partial charge in [-0.15, -0.1) is 0 Å². The maximum absolute atomic E-state index is 15.0. The first kappa shape index (κ1) is 28.4. The number of aryl methyl sites for hydroxylation is 1. The Bertz CT molecular complexity index is 1280. The first-order valence-corrected chi connectivity index (χ1v) is 13.0. The normalized spacial score (nSPS) is 20.9. The lowest BCUT2D eigenvalue weighted by Crippen LogP contribution is -2.66. The number of amides is 2. The number of allylic oxidation sites excluding steroid dienone is 1. The molecule has 1 N–H and O–H groups in total. The van der Waals surface area contributed by atoms with Gasteiger partial charge in [-0.2, -0.15) is 13.2 Å². The van der Waals surface area contributed by atoms with Crippen molar-refractivity contribution >= 4 is 17.6 Å². The molecule has 6 nitrogen and oxygen atoms in total. The molecule has 9 heteroatoms. The Balaban J connectivity index is 1.70. The van der Waals surface area contributed by atoms with Crippen LogP contribution in [0.1, 0.15) is 62.9 Å². The number of Topliss-reactive ketones (excluding diaryl/α,β-unsaturated/α-hetero) is 1. The molecule has 1 aliphatic carbocycles. The number of ketones is 1. The summed E-state index contributed by atoms with van der Waals surface area (Å²) in [5, 5.41) is 1.98. The molecule has 0 bridgehead atoms. The second-order valence-electron chi connectivity index (χ2n) is 11.2. The molecule has 1 heterocycles. The van der Waals surface area contributed by atoms with Crippen LogP contribution in [0.5, 0.6) is 5.75 Å². The topological polar surface area (TPSA) is 75.7 Å². The Morgan fingerprint density at radius 1 is 1.03 bits per heavy atom. The summed E-state index contributed by atoms with van der Waals surface area (Å²) >= 11 is 0. The maximum Gasteiger partial charge on any atom is 0.425 e. The van der Waals surface area contributed by atoms with Crippen molar-refractivity contribution < 1.29 is 32.3 Å². The highest BCUT2D eigenvalue weighted by atomic mass is 19.4. The summed E-state index contributed by atoms with van der Waals surface area (Å²) in [6.45, 7) is 7.20. The third kappa shape index (κ3) is 5.58. The van der Waals surface area contributed by atoms with Crippen LogP contribution in [0.2, 0.25) is 0 Å². The van der Waals surface area contributed by atoms with Crippen molar-refractivity contribution in [2.45, 2.75) is 71.2 Å². The van der Waals surface area contributed by atoms with Gasteiger partial charge in [0.1, 0.15) is 5.75 Å². The zero-order chi connectivity index (χ0) is 28.6. The van der Waals surface area contributed by atoms with Gasteiger partial charge in [-0.05, 0) is 68.4 Å². The number of carbonyl (C=O) groups excluding carboxylic acids is 3. The highest BCUT2D eigenvalue weighted by Gasteiger charge is 2.71. The minimum Gasteiger partial charge on any atom is -0.491 e. The van der Waals surface area contributed by atoms with E-state index in [1.54, 1.807) is 13.8 Å².